The van der Waals surface area contributed by atoms with Crippen molar-refractivity contribution in [2.45, 2.75) is 6.18 Å². The molecule has 0 fully saturated rings. The molecule has 0 spiro atoms. The van der Waals surface area contributed by atoms with Crippen LogP contribution in [0.1, 0.15) is 5.56 Å². The van der Waals surface area contributed by atoms with E-state index < -0.39 is 23.0 Å². The van der Waals surface area contributed by atoms with Crippen molar-refractivity contribution in [3.8, 4) is 22.8 Å². The molecule has 0 unspecified atom stereocenters. The van der Waals surface area contributed by atoms with E-state index in [1.807, 2.05) is 0 Å². The normalized spacial score (nSPS) is 11.9. The van der Waals surface area contributed by atoms with Crippen LogP contribution in [-0.2, 0) is 20.3 Å². The molecule has 0 aliphatic carbocycles. The Balaban J connectivity index is 2.20. The van der Waals surface area contributed by atoms with Crippen molar-refractivity contribution in [3.05, 3.63) is 56.9 Å². The molecule has 0 saturated heterocycles. The lowest BCUT2D eigenvalue weighted by Gasteiger charge is -2.13. The molecule has 0 bridgehead atoms. The van der Waals surface area contributed by atoms with E-state index in [0.717, 1.165) is 16.7 Å². The van der Waals surface area contributed by atoms with Crippen LogP contribution < -0.4 is 11.2 Å². The van der Waals surface area contributed by atoms with Crippen LogP contribution in [0.15, 0.2) is 40.1 Å². The van der Waals surface area contributed by atoms with E-state index in [4.69, 9.17) is 0 Å². The van der Waals surface area contributed by atoms with Gasteiger partial charge in [0.1, 0.15) is 0 Å². The predicted octanol–water partition coefficient (Wildman–Crippen LogP) is 1.66. The van der Waals surface area contributed by atoms with Crippen molar-refractivity contribution in [2.24, 2.45) is 14.1 Å². The van der Waals surface area contributed by atoms with E-state index in [2.05, 4.69) is 9.97 Å². The molecule has 0 atom stereocenters. The molecule has 6 nitrogen and oxygen atoms in total. The number of hydrogen-bond acceptors (Lipinski definition) is 4. The highest BCUT2D eigenvalue weighted by atomic mass is 19.4. The molecule has 9 heteroatoms. The summed E-state index contributed by atoms with van der Waals surface area (Å²) >= 11 is 0. The number of aryl methyl sites for hydroxylation is 1. The van der Waals surface area contributed by atoms with Crippen molar-refractivity contribution in [1.82, 2.24) is 19.1 Å². The molecule has 1 aromatic carbocycles. The van der Waals surface area contributed by atoms with Crippen molar-refractivity contribution >= 4 is 0 Å². The summed E-state index contributed by atoms with van der Waals surface area (Å²) in [5.41, 5.74) is -1.41. The van der Waals surface area contributed by atoms with Gasteiger partial charge in [0.15, 0.2) is 11.5 Å². The Morgan fingerprint density at radius 1 is 1.00 bits per heavy atom. The standard InChI is InChI=1S/C15H11F3N4O2/c1-21-7-10(8-3-5-9(6-4-8)15(16,17)18)19-11-12(21)20-14(24)22(2)13(11)23/h3-7H,1-2H3. The van der Waals surface area contributed by atoms with Crippen LogP contribution in [0, 0.1) is 0 Å². The van der Waals surface area contributed by atoms with Gasteiger partial charge in [-0.25, -0.2) is 9.78 Å². The lowest BCUT2D eigenvalue weighted by molar-refractivity contribution is -0.137. The number of fused-ring (bicyclic) bond motifs is 1. The first-order valence-corrected chi connectivity index (χ1v) is 6.80. The Bertz CT molecular complexity index is 1000. The van der Waals surface area contributed by atoms with Crippen LogP contribution in [-0.4, -0.2) is 19.1 Å². The van der Waals surface area contributed by atoms with Crippen molar-refractivity contribution in [3.63, 3.8) is 0 Å². The van der Waals surface area contributed by atoms with E-state index in [1.54, 1.807) is 7.05 Å². The first-order valence-electron chi connectivity index (χ1n) is 6.80. The average molecular weight is 336 g/mol. The first-order chi connectivity index (χ1) is 11.2. The zero-order valence-electron chi connectivity index (χ0n) is 12.6. The Hall–Kier alpha value is -2.97. The van der Waals surface area contributed by atoms with E-state index >= 15 is 0 Å². The van der Waals surface area contributed by atoms with Gasteiger partial charge in [-0.05, 0) is 12.1 Å². The smallest absolute Gasteiger partial charge is 0.332 e. The molecule has 0 N–H and O–H groups in total. The number of halogens is 3. The number of alkyl halides is 3. The number of hydrogen-bond donors (Lipinski definition) is 0. The van der Waals surface area contributed by atoms with Gasteiger partial charge in [-0.2, -0.15) is 18.2 Å². The zero-order valence-corrected chi connectivity index (χ0v) is 12.6. The summed E-state index contributed by atoms with van der Waals surface area (Å²) in [6, 6.07) is 4.43. The third kappa shape index (κ3) is 2.57. The topological polar surface area (TPSA) is 69.8 Å². The van der Waals surface area contributed by atoms with Crippen LogP contribution in [0.5, 0.6) is 0 Å². The van der Waals surface area contributed by atoms with Gasteiger partial charge in [0.05, 0.1) is 11.3 Å². The molecular weight excluding hydrogens is 325 g/mol. The monoisotopic (exact) mass is 336 g/mol. The fourth-order valence-electron chi connectivity index (χ4n) is 2.27. The molecule has 2 aliphatic heterocycles. The second-order valence-electron chi connectivity index (χ2n) is 5.24. The largest absolute Gasteiger partial charge is 0.416 e. The summed E-state index contributed by atoms with van der Waals surface area (Å²) in [7, 11) is 2.85. The third-order valence-electron chi connectivity index (χ3n) is 3.60. The molecule has 0 aromatic heterocycles. The summed E-state index contributed by atoms with van der Waals surface area (Å²) < 4.78 is 40.2. The minimum Gasteiger partial charge on any atom is -0.332 e. The summed E-state index contributed by atoms with van der Waals surface area (Å²) in [6.45, 7) is 0. The van der Waals surface area contributed by atoms with Gasteiger partial charge in [0, 0.05) is 25.9 Å². The summed E-state index contributed by atoms with van der Waals surface area (Å²) in [5.74, 6) is 0.110. The van der Waals surface area contributed by atoms with Gasteiger partial charge in [-0.1, -0.05) is 12.1 Å². The number of rotatable bonds is 1. The van der Waals surface area contributed by atoms with E-state index in [0.29, 0.717) is 11.3 Å². The van der Waals surface area contributed by atoms with Crippen LogP contribution in [0.25, 0.3) is 22.8 Å². The van der Waals surface area contributed by atoms with Crippen LogP contribution >= 0.6 is 0 Å². The SMILES string of the molecule is Cn1cc(-c2ccc(C(F)(F)F)cc2)nc2c(=O)n(C)c(=O)nc1-2. The summed E-state index contributed by atoms with van der Waals surface area (Å²) in [4.78, 5) is 31.7. The highest BCUT2D eigenvalue weighted by Crippen LogP contribution is 2.30. The fourth-order valence-corrected chi connectivity index (χ4v) is 2.27. The molecule has 2 heterocycles. The molecule has 0 saturated carbocycles. The maximum atomic E-state index is 12.6. The molecular formula is C15H11F3N4O2. The van der Waals surface area contributed by atoms with Gasteiger partial charge in [0.25, 0.3) is 5.56 Å². The van der Waals surface area contributed by atoms with Crippen LogP contribution in [0.2, 0.25) is 0 Å². The highest BCUT2D eigenvalue weighted by Gasteiger charge is 2.30. The first kappa shape index (κ1) is 15.9. The molecule has 0 radical (unpaired) electrons. The van der Waals surface area contributed by atoms with E-state index in [-0.39, 0.29) is 11.5 Å². The number of aromatic nitrogens is 4. The Morgan fingerprint density at radius 2 is 1.62 bits per heavy atom. The second kappa shape index (κ2) is 5.29. The Morgan fingerprint density at radius 3 is 2.21 bits per heavy atom. The fraction of sp³-hybridized carbons (Fsp3) is 0.200. The van der Waals surface area contributed by atoms with E-state index in [1.165, 1.54) is 29.9 Å². The second-order valence-corrected chi connectivity index (χ2v) is 5.24. The zero-order chi connectivity index (χ0) is 17.6. The summed E-state index contributed by atoms with van der Waals surface area (Å²) in [6.07, 6.45) is -2.93. The quantitative estimate of drug-likeness (QED) is 0.678. The molecule has 24 heavy (non-hydrogen) atoms. The number of benzene rings is 1. The molecule has 1 aromatic rings. The van der Waals surface area contributed by atoms with Gasteiger partial charge in [0.2, 0.25) is 0 Å². The maximum Gasteiger partial charge on any atom is 0.416 e. The van der Waals surface area contributed by atoms with Crippen LogP contribution in [0.4, 0.5) is 13.2 Å². The maximum absolute atomic E-state index is 12.6. The van der Waals surface area contributed by atoms with Crippen molar-refractivity contribution in [1.29, 1.82) is 0 Å². The highest BCUT2D eigenvalue weighted by molar-refractivity contribution is 5.63. The van der Waals surface area contributed by atoms with Crippen molar-refractivity contribution in [2.75, 3.05) is 0 Å². The van der Waals surface area contributed by atoms with Crippen molar-refractivity contribution < 1.29 is 13.2 Å². The van der Waals surface area contributed by atoms with Gasteiger partial charge in [-0.15, -0.1) is 0 Å². The lowest BCUT2D eigenvalue weighted by Crippen LogP contribution is -2.36. The summed E-state index contributed by atoms with van der Waals surface area (Å²) in [5, 5.41) is 0. The minimum atomic E-state index is -4.43. The molecule has 0 amide bonds. The van der Waals surface area contributed by atoms with Gasteiger partial charge >= 0.3 is 11.9 Å². The minimum absolute atomic E-state index is 0.0306. The Labute approximate surface area is 133 Å². The van der Waals surface area contributed by atoms with Gasteiger partial charge in [-0.3, -0.25) is 9.36 Å². The van der Waals surface area contributed by atoms with E-state index in [9.17, 15) is 22.8 Å². The molecule has 124 valence electrons. The number of nitrogens with zero attached hydrogens (tertiary/aromatic N) is 4. The third-order valence-corrected chi connectivity index (χ3v) is 3.60. The van der Waals surface area contributed by atoms with Gasteiger partial charge < -0.3 is 4.57 Å². The molecule has 2 aliphatic rings. The molecule has 3 rings (SSSR count). The Kier molecular flexibility index (Phi) is 3.51. The lowest BCUT2D eigenvalue weighted by atomic mass is 10.1. The predicted molar refractivity (Wildman–Crippen MR) is 79.6 cm³/mol. The van der Waals surface area contributed by atoms with Crippen LogP contribution in [0.3, 0.4) is 0 Å². The average Bonchev–Trinajstić information content (AvgIpc) is 2.53.